The second-order valence-corrected chi connectivity index (χ2v) is 3.61. The lowest BCUT2D eigenvalue weighted by molar-refractivity contribution is 0.0595. The van der Waals surface area contributed by atoms with Gasteiger partial charge in [0.1, 0.15) is 11.5 Å². The first-order chi connectivity index (χ1) is 9.11. The number of ether oxygens (including phenoxy) is 1. The third-order valence-electron chi connectivity index (χ3n) is 2.38. The van der Waals surface area contributed by atoms with E-state index in [0.29, 0.717) is 0 Å². The van der Waals surface area contributed by atoms with Crippen LogP contribution in [0.4, 0.5) is 10.1 Å². The highest BCUT2D eigenvalue weighted by molar-refractivity contribution is 6.03. The first-order valence-corrected chi connectivity index (χ1v) is 5.30. The Balaban J connectivity index is 2.17. The van der Waals surface area contributed by atoms with Crippen LogP contribution < -0.4 is 5.32 Å². The van der Waals surface area contributed by atoms with Gasteiger partial charge in [0.15, 0.2) is 0 Å². The second-order valence-electron chi connectivity index (χ2n) is 3.61. The van der Waals surface area contributed by atoms with E-state index in [1.165, 1.54) is 24.4 Å². The van der Waals surface area contributed by atoms with Crippen molar-refractivity contribution in [1.29, 1.82) is 0 Å². The minimum atomic E-state index is -0.774. The van der Waals surface area contributed by atoms with Crippen molar-refractivity contribution in [3.63, 3.8) is 0 Å². The predicted molar refractivity (Wildman–Crippen MR) is 64.3 cm³/mol. The highest BCUT2D eigenvalue weighted by Crippen LogP contribution is 2.16. The maximum Gasteiger partial charge on any atom is 0.340 e. The fourth-order valence-electron chi connectivity index (χ4n) is 1.45. The quantitative estimate of drug-likeness (QED) is 0.823. The molecule has 0 saturated heterocycles. The molecule has 1 heterocycles. The van der Waals surface area contributed by atoms with Crippen molar-refractivity contribution < 1.29 is 18.7 Å². The highest BCUT2D eigenvalue weighted by atomic mass is 19.1. The molecule has 0 aliphatic carbocycles. The number of carbonyl (C=O) groups excluding carboxylic acids is 2. The topological polar surface area (TPSA) is 84.1 Å². The molecular formula is C12H10FN3O3. The van der Waals surface area contributed by atoms with Crippen LogP contribution in [0.5, 0.6) is 0 Å². The number of esters is 1. The van der Waals surface area contributed by atoms with Crippen LogP contribution in [0.25, 0.3) is 0 Å². The zero-order chi connectivity index (χ0) is 13.8. The number of anilines is 1. The average molecular weight is 263 g/mol. The summed E-state index contributed by atoms with van der Waals surface area (Å²) in [5.41, 5.74) is 0.282. The molecule has 1 amide bonds. The van der Waals surface area contributed by atoms with Gasteiger partial charge in [0.25, 0.3) is 5.91 Å². The number of halogens is 1. The van der Waals surface area contributed by atoms with Gasteiger partial charge in [0, 0.05) is 11.9 Å². The third-order valence-corrected chi connectivity index (χ3v) is 2.38. The van der Waals surface area contributed by atoms with Gasteiger partial charge in [-0.05, 0) is 24.3 Å². The van der Waals surface area contributed by atoms with Gasteiger partial charge in [-0.3, -0.25) is 9.89 Å². The number of nitrogens with one attached hydrogen (secondary N) is 2. The van der Waals surface area contributed by atoms with Gasteiger partial charge in [0.05, 0.1) is 12.7 Å². The number of hydrogen-bond donors (Lipinski definition) is 2. The molecule has 19 heavy (non-hydrogen) atoms. The number of H-pyrrole nitrogens is 1. The van der Waals surface area contributed by atoms with E-state index in [9.17, 15) is 14.0 Å². The van der Waals surface area contributed by atoms with Gasteiger partial charge in [-0.1, -0.05) is 0 Å². The van der Waals surface area contributed by atoms with Gasteiger partial charge in [0.2, 0.25) is 0 Å². The number of hydrogen-bond acceptors (Lipinski definition) is 4. The molecule has 7 heteroatoms. The molecule has 6 nitrogen and oxygen atoms in total. The minimum Gasteiger partial charge on any atom is -0.465 e. The lowest BCUT2D eigenvalue weighted by Crippen LogP contribution is -2.13. The van der Waals surface area contributed by atoms with Crippen LogP contribution in [0.15, 0.2) is 30.5 Å². The van der Waals surface area contributed by atoms with Crippen LogP contribution in [0.3, 0.4) is 0 Å². The molecule has 0 saturated carbocycles. The van der Waals surface area contributed by atoms with Crippen LogP contribution in [-0.2, 0) is 4.74 Å². The number of carbonyl (C=O) groups is 2. The van der Waals surface area contributed by atoms with Gasteiger partial charge in [-0.2, -0.15) is 5.10 Å². The number of methoxy groups -OCH3 is 1. The SMILES string of the molecule is COC(=O)c1ccc(NC(=O)c2ccn[nH]2)cc1F. The van der Waals surface area contributed by atoms with E-state index in [1.807, 2.05) is 0 Å². The molecule has 0 radical (unpaired) electrons. The maximum atomic E-state index is 13.6. The van der Waals surface area contributed by atoms with Crippen molar-refractivity contribution in [2.45, 2.75) is 0 Å². The Morgan fingerprint density at radius 3 is 2.74 bits per heavy atom. The molecule has 0 fully saturated rings. The summed E-state index contributed by atoms with van der Waals surface area (Å²) in [6, 6.07) is 5.17. The van der Waals surface area contributed by atoms with Crippen molar-refractivity contribution in [2.75, 3.05) is 12.4 Å². The monoisotopic (exact) mass is 263 g/mol. The van der Waals surface area contributed by atoms with Crippen LogP contribution in [0, 0.1) is 5.82 Å². The normalized spacial score (nSPS) is 10.0. The fourth-order valence-corrected chi connectivity index (χ4v) is 1.45. The molecule has 1 aromatic heterocycles. The summed E-state index contributed by atoms with van der Waals surface area (Å²) in [6.07, 6.45) is 1.43. The summed E-state index contributed by atoms with van der Waals surface area (Å²) >= 11 is 0. The molecule has 0 aliphatic heterocycles. The molecular weight excluding hydrogens is 253 g/mol. The lowest BCUT2D eigenvalue weighted by Gasteiger charge is -2.06. The Kier molecular flexibility index (Phi) is 3.56. The second kappa shape index (κ2) is 5.30. The fraction of sp³-hybridized carbons (Fsp3) is 0.0833. The minimum absolute atomic E-state index is 0.193. The molecule has 1 aromatic carbocycles. The summed E-state index contributed by atoms with van der Waals surface area (Å²) < 4.78 is 18.0. The van der Waals surface area contributed by atoms with E-state index in [4.69, 9.17) is 0 Å². The van der Waals surface area contributed by atoms with Gasteiger partial charge >= 0.3 is 5.97 Å². The Morgan fingerprint density at radius 1 is 1.37 bits per heavy atom. The number of aromatic nitrogens is 2. The van der Waals surface area contributed by atoms with Crippen molar-refractivity contribution >= 4 is 17.6 Å². The first-order valence-electron chi connectivity index (χ1n) is 5.30. The van der Waals surface area contributed by atoms with E-state index in [-0.39, 0.29) is 16.9 Å². The molecule has 0 spiro atoms. The smallest absolute Gasteiger partial charge is 0.340 e. The number of benzene rings is 1. The van der Waals surface area contributed by atoms with E-state index >= 15 is 0 Å². The van der Waals surface area contributed by atoms with Crippen molar-refractivity contribution in [1.82, 2.24) is 10.2 Å². The maximum absolute atomic E-state index is 13.6. The number of amides is 1. The van der Waals surface area contributed by atoms with Crippen LogP contribution in [-0.4, -0.2) is 29.2 Å². The van der Waals surface area contributed by atoms with Crippen molar-refractivity contribution in [3.8, 4) is 0 Å². The average Bonchev–Trinajstić information content (AvgIpc) is 2.92. The van der Waals surface area contributed by atoms with Crippen molar-refractivity contribution in [2.24, 2.45) is 0 Å². The zero-order valence-electron chi connectivity index (χ0n) is 9.94. The predicted octanol–water partition coefficient (Wildman–Crippen LogP) is 1.59. The van der Waals surface area contributed by atoms with Crippen LogP contribution in [0.1, 0.15) is 20.8 Å². The zero-order valence-corrected chi connectivity index (χ0v) is 9.94. The molecule has 98 valence electrons. The van der Waals surface area contributed by atoms with Crippen LogP contribution in [0.2, 0.25) is 0 Å². The molecule has 2 rings (SSSR count). The van der Waals surface area contributed by atoms with Crippen molar-refractivity contribution in [3.05, 3.63) is 47.5 Å². The first kappa shape index (κ1) is 12.7. The Bertz CT molecular complexity index is 611. The standard InChI is InChI=1S/C12H10FN3O3/c1-19-12(18)8-3-2-7(6-9(8)13)15-11(17)10-4-5-14-16-10/h2-6H,1H3,(H,14,16)(H,15,17). The van der Waals surface area contributed by atoms with E-state index in [2.05, 4.69) is 20.3 Å². The Morgan fingerprint density at radius 2 is 2.16 bits per heavy atom. The molecule has 2 N–H and O–H groups in total. The van der Waals surface area contributed by atoms with Gasteiger partial charge in [-0.15, -0.1) is 0 Å². The Labute approximate surface area is 107 Å². The Hall–Kier alpha value is -2.70. The molecule has 2 aromatic rings. The highest BCUT2D eigenvalue weighted by Gasteiger charge is 2.14. The summed E-state index contributed by atoms with van der Waals surface area (Å²) in [7, 11) is 1.16. The molecule has 0 aliphatic rings. The molecule has 0 unspecified atom stereocenters. The van der Waals surface area contributed by atoms with Crippen LogP contribution >= 0.6 is 0 Å². The largest absolute Gasteiger partial charge is 0.465 e. The lowest BCUT2D eigenvalue weighted by atomic mass is 10.2. The summed E-state index contributed by atoms with van der Waals surface area (Å²) in [6.45, 7) is 0. The van der Waals surface area contributed by atoms with E-state index in [1.54, 1.807) is 0 Å². The summed E-state index contributed by atoms with van der Waals surface area (Å²) in [5.74, 6) is -2.00. The number of nitrogens with zero attached hydrogens (tertiary/aromatic N) is 1. The van der Waals surface area contributed by atoms with Gasteiger partial charge in [-0.25, -0.2) is 9.18 Å². The number of rotatable bonds is 3. The number of aromatic amines is 1. The molecule has 0 bridgehead atoms. The van der Waals surface area contributed by atoms with E-state index in [0.717, 1.165) is 13.2 Å². The third kappa shape index (κ3) is 2.76. The summed E-state index contributed by atoms with van der Waals surface area (Å²) in [5, 5.41) is 8.58. The summed E-state index contributed by atoms with van der Waals surface area (Å²) in [4.78, 5) is 22.9. The molecule has 0 atom stereocenters. The van der Waals surface area contributed by atoms with E-state index < -0.39 is 17.7 Å². The van der Waals surface area contributed by atoms with Gasteiger partial charge < -0.3 is 10.1 Å².